The van der Waals surface area contributed by atoms with Crippen molar-refractivity contribution in [2.24, 2.45) is 0 Å². The topological polar surface area (TPSA) is 39.9 Å². The Kier molecular flexibility index (Phi) is 4.92. The van der Waals surface area contributed by atoms with Gasteiger partial charge in [-0.2, -0.15) is 0 Å². The lowest BCUT2D eigenvalue weighted by Gasteiger charge is -2.11. The SMILES string of the molecule is COc1cc(F)ccc1Cc1nc(-c2nccs2)cn1-c1ccc(Cl)cc1. The molecule has 0 unspecified atom stereocenters. The summed E-state index contributed by atoms with van der Waals surface area (Å²) in [5, 5.41) is 3.43. The summed E-state index contributed by atoms with van der Waals surface area (Å²) in [5.74, 6) is 0.962. The van der Waals surface area contributed by atoms with E-state index in [9.17, 15) is 4.39 Å². The molecule has 136 valence electrons. The zero-order valence-electron chi connectivity index (χ0n) is 14.4. The molecule has 0 atom stereocenters. The van der Waals surface area contributed by atoms with Crippen LogP contribution in [0.2, 0.25) is 5.02 Å². The van der Waals surface area contributed by atoms with Gasteiger partial charge < -0.3 is 9.30 Å². The molecule has 0 spiro atoms. The van der Waals surface area contributed by atoms with Gasteiger partial charge in [-0.05, 0) is 30.3 Å². The van der Waals surface area contributed by atoms with Crippen molar-refractivity contribution in [3.63, 3.8) is 0 Å². The summed E-state index contributed by atoms with van der Waals surface area (Å²) in [7, 11) is 1.53. The lowest BCUT2D eigenvalue weighted by molar-refractivity contribution is 0.406. The zero-order valence-corrected chi connectivity index (χ0v) is 16.0. The van der Waals surface area contributed by atoms with Crippen molar-refractivity contribution in [1.82, 2.24) is 14.5 Å². The Morgan fingerprint density at radius 2 is 2.00 bits per heavy atom. The third kappa shape index (κ3) is 3.72. The molecule has 0 bridgehead atoms. The van der Waals surface area contributed by atoms with Gasteiger partial charge in [-0.15, -0.1) is 11.3 Å². The van der Waals surface area contributed by atoms with Crippen molar-refractivity contribution < 1.29 is 9.13 Å². The Morgan fingerprint density at radius 3 is 2.70 bits per heavy atom. The van der Waals surface area contributed by atoms with Crippen LogP contribution in [0, 0.1) is 5.82 Å². The monoisotopic (exact) mass is 399 g/mol. The minimum Gasteiger partial charge on any atom is -0.496 e. The third-order valence-electron chi connectivity index (χ3n) is 4.13. The molecule has 4 nitrogen and oxygen atoms in total. The summed E-state index contributed by atoms with van der Waals surface area (Å²) < 4.78 is 20.9. The van der Waals surface area contributed by atoms with E-state index < -0.39 is 0 Å². The molecule has 0 aliphatic rings. The normalized spacial score (nSPS) is 10.9. The number of aromatic nitrogens is 3. The number of methoxy groups -OCH3 is 1. The molecule has 2 aromatic heterocycles. The lowest BCUT2D eigenvalue weighted by Crippen LogP contribution is -2.03. The lowest BCUT2D eigenvalue weighted by atomic mass is 10.1. The first-order valence-corrected chi connectivity index (χ1v) is 9.46. The number of benzene rings is 2. The van der Waals surface area contributed by atoms with Gasteiger partial charge >= 0.3 is 0 Å². The molecule has 0 fully saturated rings. The zero-order chi connectivity index (χ0) is 18.8. The second-order valence-electron chi connectivity index (χ2n) is 5.86. The highest BCUT2D eigenvalue weighted by atomic mass is 35.5. The number of thiazole rings is 1. The van der Waals surface area contributed by atoms with E-state index in [0.717, 1.165) is 27.8 Å². The Labute approximate surface area is 164 Å². The van der Waals surface area contributed by atoms with Gasteiger partial charge in [0, 0.05) is 46.5 Å². The maximum absolute atomic E-state index is 13.5. The second-order valence-corrected chi connectivity index (χ2v) is 7.19. The van der Waals surface area contributed by atoms with Crippen LogP contribution in [-0.2, 0) is 6.42 Å². The summed E-state index contributed by atoms with van der Waals surface area (Å²) in [6, 6.07) is 12.1. The molecule has 0 saturated heterocycles. The van der Waals surface area contributed by atoms with E-state index in [1.165, 1.54) is 30.6 Å². The average molecular weight is 400 g/mol. The van der Waals surface area contributed by atoms with E-state index in [1.54, 1.807) is 12.3 Å². The molecule has 0 N–H and O–H groups in total. The number of nitrogens with zero attached hydrogens (tertiary/aromatic N) is 3. The largest absolute Gasteiger partial charge is 0.496 e. The summed E-state index contributed by atoms with van der Waals surface area (Å²) in [6.45, 7) is 0. The summed E-state index contributed by atoms with van der Waals surface area (Å²) in [5.41, 5.74) is 2.58. The molecular weight excluding hydrogens is 385 g/mol. The van der Waals surface area contributed by atoms with Gasteiger partial charge in [-0.25, -0.2) is 14.4 Å². The van der Waals surface area contributed by atoms with Crippen LogP contribution >= 0.6 is 22.9 Å². The fraction of sp³-hybridized carbons (Fsp3) is 0.100. The van der Waals surface area contributed by atoms with Crippen LogP contribution in [0.4, 0.5) is 4.39 Å². The molecule has 0 aliphatic carbocycles. The van der Waals surface area contributed by atoms with E-state index in [-0.39, 0.29) is 5.82 Å². The smallest absolute Gasteiger partial charge is 0.143 e. The van der Waals surface area contributed by atoms with Gasteiger partial charge in [0.25, 0.3) is 0 Å². The number of halogens is 2. The minimum absolute atomic E-state index is 0.333. The van der Waals surface area contributed by atoms with E-state index in [0.29, 0.717) is 17.2 Å². The van der Waals surface area contributed by atoms with Crippen molar-refractivity contribution in [3.8, 4) is 22.1 Å². The van der Waals surface area contributed by atoms with E-state index in [1.807, 2.05) is 40.4 Å². The van der Waals surface area contributed by atoms with E-state index in [4.69, 9.17) is 21.3 Å². The molecule has 2 aromatic carbocycles. The molecule has 4 aromatic rings. The number of ether oxygens (including phenoxy) is 1. The molecule has 0 radical (unpaired) electrons. The van der Waals surface area contributed by atoms with Crippen LogP contribution in [0.15, 0.2) is 60.2 Å². The first kappa shape index (κ1) is 17.7. The Hall–Kier alpha value is -2.70. The predicted molar refractivity (Wildman–Crippen MR) is 105 cm³/mol. The van der Waals surface area contributed by atoms with Crippen molar-refractivity contribution in [1.29, 1.82) is 0 Å². The van der Waals surface area contributed by atoms with Crippen molar-refractivity contribution in [2.75, 3.05) is 7.11 Å². The Balaban J connectivity index is 1.80. The fourth-order valence-electron chi connectivity index (χ4n) is 2.86. The van der Waals surface area contributed by atoms with Gasteiger partial charge in [-0.3, -0.25) is 0 Å². The Bertz CT molecular complexity index is 1060. The average Bonchev–Trinajstić information content (AvgIpc) is 3.34. The maximum Gasteiger partial charge on any atom is 0.143 e. The van der Waals surface area contributed by atoms with Crippen molar-refractivity contribution in [2.45, 2.75) is 6.42 Å². The highest BCUT2D eigenvalue weighted by Gasteiger charge is 2.15. The molecule has 4 rings (SSSR count). The van der Waals surface area contributed by atoms with Crippen molar-refractivity contribution >= 4 is 22.9 Å². The molecule has 0 aliphatic heterocycles. The third-order valence-corrected chi connectivity index (χ3v) is 5.18. The van der Waals surface area contributed by atoms with Crippen LogP contribution in [0.25, 0.3) is 16.4 Å². The highest BCUT2D eigenvalue weighted by Crippen LogP contribution is 2.28. The summed E-state index contributed by atoms with van der Waals surface area (Å²) in [6.07, 6.45) is 4.19. The van der Waals surface area contributed by atoms with Crippen LogP contribution < -0.4 is 4.74 Å². The van der Waals surface area contributed by atoms with Gasteiger partial charge in [0.05, 0.1) is 7.11 Å². The van der Waals surface area contributed by atoms with E-state index in [2.05, 4.69) is 4.98 Å². The van der Waals surface area contributed by atoms with Crippen LogP contribution in [0.3, 0.4) is 0 Å². The van der Waals surface area contributed by atoms with Gasteiger partial charge in [0.1, 0.15) is 28.1 Å². The number of imidazole rings is 1. The highest BCUT2D eigenvalue weighted by molar-refractivity contribution is 7.13. The molecule has 2 heterocycles. The molecule has 27 heavy (non-hydrogen) atoms. The second kappa shape index (κ2) is 7.50. The van der Waals surface area contributed by atoms with Gasteiger partial charge in [0.15, 0.2) is 0 Å². The number of rotatable bonds is 5. The summed E-state index contributed by atoms with van der Waals surface area (Å²) >= 11 is 7.55. The van der Waals surface area contributed by atoms with Crippen LogP contribution in [0.1, 0.15) is 11.4 Å². The fourth-order valence-corrected chi connectivity index (χ4v) is 3.57. The summed E-state index contributed by atoms with van der Waals surface area (Å²) in [4.78, 5) is 9.12. The molecular formula is C20H15ClFN3OS. The number of hydrogen-bond donors (Lipinski definition) is 0. The quantitative estimate of drug-likeness (QED) is 0.452. The van der Waals surface area contributed by atoms with Crippen LogP contribution in [0.5, 0.6) is 5.75 Å². The van der Waals surface area contributed by atoms with Crippen LogP contribution in [-0.4, -0.2) is 21.6 Å². The molecule has 7 heteroatoms. The molecule has 0 amide bonds. The first-order chi connectivity index (χ1) is 13.1. The van der Waals surface area contributed by atoms with Gasteiger partial charge in [-0.1, -0.05) is 17.7 Å². The standard InChI is InChI=1S/C20H15ClFN3OS/c1-26-18-11-15(22)5-2-13(18)10-19-24-17(20-23-8-9-27-20)12-25(19)16-6-3-14(21)4-7-16/h2-9,11-12H,10H2,1H3. The minimum atomic E-state index is -0.333. The first-order valence-electron chi connectivity index (χ1n) is 8.20. The predicted octanol–water partition coefficient (Wildman–Crippen LogP) is 5.39. The Morgan fingerprint density at radius 1 is 1.19 bits per heavy atom. The molecule has 0 saturated carbocycles. The number of hydrogen-bond acceptors (Lipinski definition) is 4. The van der Waals surface area contributed by atoms with Gasteiger partial charge in [0.2, 0.25) is 0 Å². The van der Waals surface area contributed by atoms with Crippen molar-refractivity contribution in [3.05, 3.63) is 82.5 Å². The van der Waals surface area contributed by atoms with E-state index >= 15 is 0 Å². The maximum atomic E-state index is 13.5.